The highest BCUT2D eigenvalue weighted by Gasteiger charge is 2.41. The molecular formula is C21H23N3O3. The van der Waals surface area contributed by atoms with Gasteiger partial charge in [-0.1, -0.05) is 6.07 Å². The number of amides is 2. The van der Waals surface area contributed by atoms with Gasteiger partial charge in [0.2, 0.25) is 0 Å². The molecular weight excluding hydrogens is 342 g/mol. The third kappa shape index (κ3) is 3.27. The smallest absolute Gasteiger partial charge is 0.271 e. The van der Waals surface area contributed by atoms with E-state index in [0.29, 0.717) is 23.5 Å². The average molecular weight is 365 g/mol. The molecule has 4 rings (SSSR count). The highest BCUT2D eigenvalue weighted by molar-refractivity contribution is 6.04. The van der Waals surface area contributed by atoms with Crippen molar-refractivity contribution in [3.63, 3.8) is 0 Å². The summed E-state index contributed by atoms with van der Waals surface area (Å²) in [6.07, 6.45) is 3.79. The fraction of sp³-hybridized carbons (Fsp3) is 0.381. The van der Waals surface area contributed by atoms with Crippen LogP contribution in [-0.4, -0.2) is 40.4 Å². The van der Waals surface area contributed by atoms with Crippen molar-refractivity contribution in [3.05, 3.63) is 53.9 Å². The van der Waals surface area contributed by atoms with Crippen LogP contribution >= 0.6 is 0 Å². The molecule has 0 aliphatic carbocycles. The molecule has 2 aliphatic rings. The van der Waals surface area contributed by atoms with E-state index in [2.05, 4.69) is 4.98 Å². The van der Waals surface area contributed by atoms with Crippen LogP contribution in [0.1, 0.15) is 42.7 Å². The number of fused-ring (bicyclic) bond motifs is 1. The van der Waals surface area contributed by atoms with Crippen molar-refractivity contribution in [1.82, 2.24) is 9.88 Å². The van der Waals surface area contributed by atoms with Crippen molar-refractivity contribution >= 4 is 17.5 Å². The molecule has 6 nitrogen and oxygen atoms in total. The monoisotopic (exact) mass is 365 g/mol. The first-order chi connectivity index (χ1) is 13.0. The Morgan fingerprint density at radius 3 is 2.67 bits per heavy atom. The van der Waals surface area contributed by atoms with Crippen LogP contribution in [0.2, 0.25) is 0 Å². The van der Waals surface area contributed by atoms with Crippen LogP contribution < -0.4 is 9.64 Å². The van der Waals surface area contributed by atoms with Crippen LogP contribution in [0.25, 0.3) is 0 Å². The normalized spacial score (nSPS) is 18.2. The fourth-order valence-electron chi connectivity index (χ4n) is 3.61. The summed E-state index contributed by atoms with van der Waals surface area (Å²) in [6, 6.07) is 11.0. The van der Waals surface area contributed by atoms with Gasteiger partial charge in [-0.05, 0) is 57.0 Å². The van der Waals surface area contributed by atoms with Gasteiger partial charge in [-0.15, -0.1) is 0 Å². The zero-order valence-corrected chi connectivity index (χ0v) is 15.6. The molecule has 0 atom stereocenters. The number of benzene rings is 1. The largest absolute Gasteiger partial charge is 0.476 e. The topological polar surface area (TPSA) is 62.7 Å². The maximum Gasteiger partial charge on any atom is 0.271 e. The highest BCUT2D eigenvalue weighted by atomic mass is 16.5. The van der Waals surface area contributed by atoms with Crippen LogP contribution in [0.15, 0.2) is 42.6 Å². The summed E-state index contributed by atoms with van der Waals surface area (Å²) < 4.78 is 5.92. The van der Waals surface area contributed by atoms with E-state index in [-0.39, 0.29) is 11.8 Å². The van der Waals surface area contributed by atoms with E-state index in [0.717, 1.165) is 31.6 Å². The number of carbonyl (C=O) groups excluding carboxylic acids is 2. The SMILES string of the molecule is CC1(C)Oc2ccc(C(=O)N3CCCC3)cc2N(Cc2ccccn2)C1=O. The molecule has 27 heavy (non-hydrogen) atoms. The van der Waals surface area contributed by atoms with Gasteiger partial charge in [0, 0.05) is 24.8 Å². The Morgan fingerprint density at radius 2 is 1.96 bits per heavy atom. The molecule has 1 fully saturated rings. The van der Waals surface area contributed by atoms with Crippen molar-refractivity contribution in [1.29, 1.82) is 0 Å². The second-order valence-electron chi connectivity index (χ2n) is 7.51. The Morgan fingerprint density at radius 1 is 1.19 bits per heavy atom. The van der Waals surface area contributed by atoms with Crippen molar-refractivity contribution in [2.45, 2.75) is 38.8 Å². The highest BCUT2D eigenvalue weighted by Crippen LogP contribution is 2.39. The van der Waals surface area contributed by atoms with E-state index in [1.54, 1.807) is 43.1 Å². The van der Waals surface area contributed by atoms with E-state index in [1.807, 2.05) is 23.1 Å². The minimum Gasteiger partial charge on any atom is -0.476 e. The van der Waals surface area contributed by atoms with E-state index in [4.69, 9.17) is 4.74 Å². The van der Waals surface area contributed by atoms with E-state index < -0.39 is 5.60 Å². The molecule has 2 aliphatic heterocycles. The van der Waals surface area contributed by atoms with Crippen LogP contribution in [0.4, 0.5) is 5.69 Å². The summed E-state index contributed by atoms with van der Waals surface area (Å²) in [5, 5.41) is 0. The van der Waals surface area contributed by atoms with Gasteiger partial charge < -0.3 is 9.64 Å². The average Bonchev–Trinajstić information content (AvgIpc) is 3.20. The summed E-state index contributed by atoms with van der Waals surface area (Å²) in [5.41, 5.74) is 1.01. The Labute approximate surface area is 158 Å². The van der Waals surface area contributed by atoms with Crippen LogP contribution in [0.5, 0.6) is 5.75 Å². The zero-order chi connectivity index (χ0) is 19.0. The number of ether oxygens (including phenoxy) is 1. The summed E-state index contributed by atoms with van der Waals surface area (Å²) in [5.74, 6) is 0.463. The third-order valence-corrected chi connectivity index (χ3v) is 5.06. The summed E-state index contributed by atoms with van der Waals surface area (Å²) in [7, 11) is 0. The van der Waals surface area contributed by atoms with Gasteiger partial charge in [0.05, 0.1) is 17.9 Å². The first-order valence-corrected chi connectivity index (χ1v) is 9.30. The summed E-state index contributed by atoms with van der Waals surface area (Å²) in [6.45, 7) is 5.42. The lowest BCUT2D eigenvalue weighted by Crippen LogP contribution is -2.52. The third-order valence-electron chi connectivity index (χ3n) is 5.06. The molecule has 6 heteroatoms. The van der Waals surface area contributed by atoms with Crippen molar-refractivity contribution in [2.24, 2.45) is 0 Å². The molecule has 1 aromatic heterocycles. The molecule has 0 N–H and O–H groups in total. The zero-order valence-electron chi connectivity index (χ0n) is 15.6. The second kappa shape index (κ2) is 6.68. The predicted molar refractivity (Wildman–Crippen MR) is 102 cm³/mol. The Kier molecular flexibility index (Phi) is 4.34. The molecule has 2 aromatic rings. The minimum atomic E-state index is -0.970. The maximum atomic E-state index is 13.0. The Bertz CT molecular complexity index is 873. The van der Waals surface area contributed by atoms with Crippen molar-refractivity contribution < 1.29 is 14.3 Å². The second-order valence-corrected chi connectivity index (χ2v) is 7.51. The lowest BCUT2D eigenvalue weighted by atomic mass is 10.0. The minimum absolute atomic E-state index is 0.00497. The van der Waals surface area contributed by atoms with Crippen LogP contribution in [0.3, 0.4) is 0 Å². The molecule has 0 bridgehead atoms. The molecule has 0 saturated carbocycles. The number of carbonyl (C=O) groups is 2. The quantitative estimate of drug-likeness (QED) is 0.839. The molecule has 0 radical (unpaired) electrons. The van der Waals surface area contributed by atoms with E-state index in [9.17, 15) is 9.59 Å². The Hall–Kier alpha value is -2.89. The number of pyridine rings is 1. The fourth-order valence-corrected chi connectivity index (χ4v) is 3.61. The predicted octanol–water partition coefficient (Wildman–Crippen LogP) is 3.02. The number of likely N-dealkylation sites (tertiary alicyclic amines) is 1. The number of nitrogens with zero attached hydrogens (tertiary/aromatic N) is 3. The van der Waals surface area contributed by atoms with Crippen molar-refractivity contribution in [2.75, 3.05) is 18.0 Å². The van der Waals surface area contributed by atoms with Gasteiger partial charge in [-0.25, -0.2) is 0 Å². The molecule has 1 aromatic carbocycles. The number of rotatable bonds is 3. The van der Waals surface area contributed by atoms with Gasteiger partial charge in [-0.2, -0.15) is 0 Å². The van der Waals surface area contributed by atoms with Crippen LogP contribution in [0, 0.1) is 0 Å². The van der Waals surface area contributed by atoms with Crippen LogP contribution in [-0.2, 0) is 11.3 Å². The van der Waals surface area contributed by atoms with Gasteiger partial charge in [-0.3, -0.25) is 19.5 Å². The summed E-state index contributed by atoms with van der Waals surface area (Å²) >= 11 is 0. The molecule has 140 valence electrons. The lowest BCUT2D eigenvalue weighted by molar-refractivity contribution is -0.132. The van der Waals surface area contributed by atoms with Gasteiger partial charge in [0.1, 0.15) is 5.75 Å². The summed E-state index contributed by atoms with van der Waals surface area (Å²) in [4.78, 5) is 33.7. The van der Waals surface area contributed by atoms with Gasteiger partial charge in [0.25, 0.3) is 11.8 Å². The lowest BCUT2D eigenvalue weighted by Gasteiger charge is -2.39. The number of anilines is 1. The Balaban J connectivity index is 1.72. The molecule has 3 heterocycles. The molecule has 0 unspecified atom stereocenters. The molecule has 1 saturated heterocycles. The van der Waals surface area contributed by atoms with E-state index >= 15 is 0 Å². The number of hydrogen-bond donors (Lipinski definition) is 0. The van der Waals surface area contributed by atoms with Gasteiger partial charge >= 0.3 is 0 Å². The standard InChI is InChI=1S/C21H23N3O3/c1-21(2)20(26)24(14-16-7-3-4-10-22-16)17-13-15(8-9-18(17)27-21)19(25)23-11-5-6-12-23/h3-4,7-10,13H,5-6,11-12,14H2,1-2H3. The first-order valence-electron chi connectivity index (χ1n) is 9.30. The van der Waals surface area contributed by atoms with E-state index in [1.165, 1.54) is 0 Å². The number of hydrogen-bond acceptors (Lipinski definition) is 4. The molecule has 0 spiro atoms. The number of aromatic nitrogens is 1. The maximum absolute atomic E-state index is 13.0. The first kappa shape index (κ1) is 17.5. The van der Waals surface area contributed by atoms with Crippen molar-refractivity contribution in [3.8, 4) is 5.75 Å². The van der Waals surface area contributed by atoms with Gasteiger partial charge in [0.15, 0.2) is 5.60 Å². The molecule has 2 amide bonds.